The van der Waals surface area contributed by atoms with Gasteiger partial charge in [0.05, 0.1) is 34.7 Å². The molecule has 0 bridgehead atoms. The van der Waals surface area contributed by atoms with Crippen LogP contribution in [0.4, 0.5) is 14.6 Å². The van der Waals surface area contributed by atoms with E-state index in [9.17, 15) is 22.0 Å². The van der Waals surface area contributed by atoms with E-state index in [0.29, 0.717) is 55.8 Å². The molecule has 1 atom stereocenters. The zero-order valence-electron chi connectivity index (χ0n) is 22.5. The molecule has 0 aliphatic heterocycles. The van der Waals surface area contributed by atoms with Crippen LogP contribution < -0.4 is 15.4 Å². The number of nitrogens with one attached hydrogen (secondary N) is 2. The molecule has 0 unspecified atom stereocenters. The van der Waals surface area contributed by atoms with Crippen LogP contribution >= 0.6 is 11.6 Å². The molecule has 0 aromatic carbocycles. The van der Waals surface area contributed by atoms with Crippen molar-refractivity contribution in [2.45, 2.75) is 82.0 Å². The first-order valence-electron chi connectivity index (χ1n) is 13.4. The molecule has 9 nitrogen and oxygen atoms in total. The summed E-state index contributed by atoms with van der Waals surface area (Å²) >= 11 is 6.68. The number of halogens is 3. The van der Waals surface area contributed by atoms with Crippen molar-refractivity contribution >= 4 is 33.2 Å². The number of hydrogen-bond acceptors (Lipinski definition) is 7. The van der Waals surface area contributed by atoms with E-state index in [-0.39, 0.29) is 34.1 Å². The third-order valence-electron chi connectivity index (χ3n) is 7.79. The molecule has 2 heterocycles. The van der Waals surface area contributed by atoms with Crippen LogP contribution in [0.5, 0.6) is 5.75 Å². The van der Waals surface area contributed by atoms with E-state index in [0.717, 1.165) is 19.3 Å². The Morgan fingerprint density at radius 2 is 1.95 bits per heavy atom. The Morgan fingerprint density at radius 3 is 2.56 bits per heavy atom. The molecule has 1 amide bonds. The number of aryl methyl sites for hydroxylation is 1. The summed E-state index contributed by atoms with van der Waals surface area (Å²) in [5.41, 5.74) is 0.984. The molecule has 39 heavy (non-hydrogen) atoms. The van der Waals surface area contributed by atoms with Gasteiger partial charge in [0, 0.05) is 38.0 Å². The minimum absolute atomic E-state index is 0.0597. The Bertz CT molecular complexity index is 1300. The number of carbonyl (C=O) groups is 1. The van der Waals surface area contributed by atoms with E-state index in [2.05, 4.69) is 20.7 Å². The molecule has 216 valence electrons. The van der Waals surface area contributed by atoms with E-state index in [1.165, 1.54) is 19.6 Å². The second-order valence-electron chi connectivity index (χ2n) is 10.5. The topological polar surface area (TPSA) is 115 Å². The molecule has 2 fully saturated rings. The zero-order chi connectivity index (χ0) is 28.4. The maximum atomic E-state index is 14.3. The van der Waals surface area contributed by atoms with Crippen LogP contribution in [0, 0.1) is 5.92 Å². The SMILES string of the molecule is CCn1nc(C(=O)NCC2CCC(S(C)(=O)=O)CC2)c(Cl)c1-c1cnc(N[C@H]2CCCCC2(F)F)cc1OC. The standard InChI is InChI=1S/C26H36ClF2N5O4S/c1-4-34-24(18-15-30-21(13-19(18)38-2)32-20-7-5-6-12-26(20,28)29)22(27)23(33-34)25(35)31-14-16-8-10-17(11-9-16)39(3,36)37/h13,15-17,20H,4-12,14H2,1-3H3,(H,30,32)(H,31,35)/t16?,17?,20-/m0/s1. The molecule has 2 aromatic rings. The van der Waals surface area contributed by atoms with Crippen molar-refractivity contribution in [2.24, 2.45) is 5.92 Å². The van der Waals surface area contributed by atoms with E-state index in [4.69, 9.17) is 16.3 Å². The first kappa shape index (κ1) is 29.5. The lowest BCUT2D eigenvalue weighted by atomic mass is 9.89. The number of nitrogens with zero attached hydrogens (tertiary/aromatic N) is 3. The number of ether oxygens (including phenoxy) is 1. The highest BCUT2D eigenvalue weighted by molar-refractivity contribution is 7.91. The third kappa shape index (κ3) is 6.65. The Morgan fingerprint density at radius 1 is 1.23 bits per heavy atom. The van der Waals surface area contributed by atoms with Crippen molar-refractivity contribution in [3.05, 3.63) is 23.0 Å². The fourth-order valence-corrected chi connectivity index (χ4v) is 6.92. The smallest absolute Gasteiger partial charge is 0.273 e. The number of amides is 1. The summed E-state index contributed by atoms with van der Waals surface area (Å²) in [7, 11) is -1.59. The molecule has 2 aliphatic carbocycles. The molecular formula is C26H36ClF2N5O4S. The molecule has 2 N–H and O–H groups in total. The summed E-state index contributed by atoms with van der Waals surface area (Å²) in [6.45, 7) is 2.67. The maximum Gasteiger partial charge on any atom is 0.273 e. The summed E-state index contributed by atoms with van der Waals surface area (Å²) in [6.07, 6.45) is 6.79. The van der Waals surface area contributed by atoms with Crippen LogP contribution in [0.15, 0.2) is 12.3 Å². The molecule has 2 saturated carbocycles. The molecule has 13 heteroatoms. The highest BCUT2D eigenvalue weighted by atomic mass is 35.5. The summed E-state index contributed by atoms with van der Waals surface area (Å²) in [4.78, 5) is 17.4. The molecule has 4 rings (SSSR count). The van der Waals surface area contributed by atoms with Gasteiger partial charge >= 0.3 is 0 Å². The van der Waals surface area contributed by atoms with Crippen LogP contribution in [-0.2, 0) is 16.4 Å². The largest absolute Gasteiger partial charge is 0.496 e. The van der Waals surface area contributed by atoms with Crippen molar-refractivity contribution in [3.8, 4) is 17.0 Å². The Balaban J connectivity index is 1.49. The highest BCUT2D eigenvalue weighted by Crippen LogP contribution is 2.39. The maximum absolute atomic E-state index is 14.3. The van der Waals surface area contributed by atoms with Gasteiger partial charge in [-0.2, -0.15) is 5.10 Å². The van der Waals surface area contributed by atoms with Crippen LogP contribution in [-0.4, -0.2) is 66.2 Å². The molecule has 0 spiro atoms. The van der Waals surface area contributed by atoms with Crippen LogP contribution in [0.2, 0.25) is 5.02 Å². The van der Waals surface area contributed by atoms with Gasteiger partial charge in [0.15, 0.2) is 5.69 Å². The van der Waals surface area contributed by atoms with Crippen molar-refractivity contribution in [2.75, 3.05) is 25.2 Å². The Labute approximate surface area is 233 Å². The van der Waals surface area contributed by atoms with Gasteiger partial charge < -0.3 is 15.4 Å². The number of aromatic nitrogens is 3. The fourth-order valence-electron chi connectivity index (χ4n) is 5.47. The second-order valence-corrected chi connectivity index (χ2v) is 13.2. The molecule has 0 saturated heterocycles. The van der Waals surface area contributed by atoms with E-state index in [1.807, 2.05) is 6.92 Å². The van der Waals surface area contributed by atoms with Gasteiger partial charge in [0.2, 0.25) is 0 Å². The number of carbonyl (C=O) groups excluding carboxylic acids is 1. The Hall–Kier alpha value is -2.47. The minimum atomic E-state index is -3.05. The highest BCUT2D eigenvalue weighted by Gasteiger charge is 2.41. The normalized spacial score (nSPS) is 23.3. The van der Waals surface area contributed by atoms with Crippen molar-refractivity contribution in [1.29, 1.82) is 0 Å². The fraction of sp³-hybridized carbons (Fsp3) is 0.654. The van der Waals surface area contributed by atoms with Gasteiger partial charge in [0.1, 0.15) is 21.4 Å². The number of hydrogen-bond donors (Lipinski definition) is 2. The number of rotatable bonds is 9. The van der Waals surface area contributed by atoms with Gasteiger partial charge in [-0.05, 0) is 51.4 Å². The number of anilines is 1. The molecule has 2 aliphatic rings. The summed E-state index contributed by atoms with van der Waals surface area (Å²) in [5, 5.41) is 9.99. The van der Waals surface area contributed by atoms with E-state index >= 15 is 0 Å². The van der Waals surface area contributed by atoms with Crippen LogP contribution in [0.25, 0.3) is 11.3 Å². The van der Waals surface area contributed by atoms with Gasteiger partial charge in [-0.3, -0.25) is 9.48 Å². The summed E-state index contributed by atoms with van der Waals surface area (Å²) in [5.74, 6) is -2.43. The third-order valence-corrected chi connectivity index (χ3v) is 9.83. The first-order valence-corrected chi connectivity index (χ1v) is 15.7. The number of methoxy groups -OCH3 is 1. The lowest BCUT2D eigenvalue weighted by molar-refractivity contribution is -0.0449. The van der Waals surface area contributed by atoms with Crippen molar-refractivity contribution in [1.82, 2.24) is 20.1 Å². The monoisotopic (exact) mass is 587 g/mol. The molecule has 0 radical (unpaired) electrons. The van der Waals surface area contributed by atoms with Gasteiger partial charge in [0.25, 0.3) is 11.8 Å². The van der Waals surface area contributed by atoms with Gasteiger partial charge in [-0.1, -0.05) is 18.0 Å². The number of alkyl halides is 2. The predicted molar refractivity (Wildman–Crippen MR) is 146 cm³/mol. The molecule has 2 aromatic heterocycles. The average Bonchev–Trinajstić information content (AvgIpc) is 3.24. The van der Waals surface area contributed by atoms with Gasteiger partial charge in [-0.25, -0.2) is 22.2 Å². The van der Waals surface area contributed by atoms with Crippen molar-refractivity contribution in [3.63, 3.8) is 0 Å². The predicted octanol–water partition coefficient (Wildman–Crippen LogP) is 4.95. The van der Waals surface area contributed by atoms with Crippen LogP contribution in [0.3, 0.4) is 0 Å². The summed E-state index contributed by atoms with van der Waals surface area (Å²) in [6, 6.07) is 0.548. The zero-order valence-corrected chi connectivity index (χ0v) is 24.0. The second kappa shape index (κ2) is 12.0. The molecular weight excluding hydrogens is 552 g/mol. The lowest BCUT2D eigenvalue weighted by Crippen LogP contribution is -2.42. The number of sulfone groups is 1. The van der Waals surface area contributed by atoms with Crippen LogP contribution in [0.1, 0.15) is 68.8 Å². The quantitative estimate of drug-likeness (QED) is 0.426. The summed E-state index contributed by atoms with van der Waals surface area (Å²) < 4.78 is 59.4. The van der Waals surface area contributed by atoms with Gasteiger partial charge in [-0.15, -0.1) is 0 Å². The first-order chi connectivity index (χ1) is 18.4. The average molecular weight is 588 g/mol. The van der Waals surface area contributed by atoms with E-state index < -0.39 is 27.7 Å². The van der Waals surface area contributed by atoms with Crippen molar-refractivity contribution < 1.29 is 26.7 Å². The van der Waals surface area contributed by atoms with E-state index in [1.54, 1.807) is 10.7 Å². The minimum Gasteiger partial charge on any atom is -0.496 e. The lowest BCUT2D eigenvalue weighted by Gasteiger charge is -2.32. The Kier molecular flexibility index (Phi) is 9.05. The number of pyridine rings is 1.